The molecule has 4 unspecified atom stereocenters. The maximum absolute atomic E-state index is 12.5. The Morgan fingerprint density at radius 2 is 2.19 bits per heavy atom. The van der Waals surface area contributed by atoms with Crippen LogP contribution in [0.4, 0.5) is 0 Å². The quantitative estimate of drug-likeness (QED) is 0.903. The van der Waals surface area contributed by atoms with Gasteiger partial charge in [0.15, 0.2) is 0 Å². The lowest BCUT2D eigenvalue weighted by Crippen LogP contribution is -2.55. The molecule has 3 rings (SSSR count). The number of amides is 1. The smallest absolute Gasteiger partial charge is 0.237 e. The summed E-state index contributed by atoms with van der Waals surface area (Å²) in [5.74, 6) is 0.932. The van der Waals surface area contributed by atoms with Crippen LogP contribution in [-0.2, 0) is 4.79 Å². The Balaban J connectivity index is 1.55. The van der Waals surface area contributed by atoms with Gasteiger partial charge < -0.3 is 10.6 Å². The number of rotatable bonds is 3. The van der Waals surface area contributed by atoms with E-state index in [0.717, 1.165) is 17.3 Å². The van der Waals surface area contributed by atoms with Gasteiger partial charge in [0.25, 0.3) is 0 Å². The maximum Gasteiger partial charge on any atom is 0.237 e. The van der Waals surface area contributed by atoms with E-state index in [1.165, 1.54) is 37.0 Å². The first-order valence-electron chi connectivity index (χ1n) is 8.12. The molecule has 2 N–H and O–H groups in total. The summed E-state index contributed by atoms with van der Waals surface area (Å²) < 4.78 is 0. The molecule has 1 saturated carbocycles. The normalized spacial score (nSPS) is 30.5. The third kappa shape index (κ3) is 3.46. The topological polar surface area (TPSA) is 54.0 Å². The predicted molar refractivity (Wildman–Crippen MR) is 85.3 cm³/mol. The van der Waals surface area contributed by atoms with E-state index in [1.807, 2.05) is 20.0 Å². The van der Waals surface area contributed by atoms with Crippen molar-refractivity contribution in [2.75, 3.05) is 0 Å². The number of thiazole rings is 1. The summed E-state index contributed by atoms with van der Waals surface area (Å²) in [6, 6.07) is 0.538. The SMILES string of the molecule is Cc1cnc(C(C)NC(=O)C2CCC3CCCCC3N2)s1. The molecule has 4 nitrogen and oxygen atoms in total. The van der Waals surface area contributed by atoms with Crippen LogP contribution in [0.3, 0.4) is 0 Å². The number of piperidine rings is 1. The molecule has 2 fully saturated rings. The molecular weight excluding hydrogens is 282 g/mol. The van der Waals surface area contributed by atoms with Crippen LogP contribution in [0.15, 0.2) is 6.20 Å². The van der Waals surface area contributed by atoms with Crippen LogP contribution in [-0.4, -0.2) is 23.0 Å². The van der Waals surface area contributed by atoms with Gasteiger partial charge in [-0.15, -0.1) is 11.3 Å². The van der Waals surface area contributed by atoms with E-state index in [4.69, 9.17) is 0 Å². The van der Waals surface area contributed by atoms with Gasteiger partial charge in [0.1, 0.15) is 5.01 Å². The Labute approximate surface area is 130 Å². The van der Waals surface area contributed by atoms with Crippen molar-refractivity contribution in [3.63, 3.8) is 0 Å². The molecule has 2 aliphatic rings. The Kier molecular flexibility index (Phi) is 4.60. The molecule has 1 saturated heterocycles. The van der Waals surface area contributed by atoms with Crippen LogP contribution in [0.1, 0.15) is 61.4 Å². The highest BCUT2D eigenvalue weighted by molar-refractivity contribution is 7.11. The van der Waals surface area contributed by atoms with Crippen molar-refractivity contribution in [1.29, 1.82) is 0 Å². The zero-order valence-electron chi connectivity index (χ0n) is 12.9. The molecule has 1 aromatic rings. The van der Waals surface area contributed by atoms with Gasteiger partial charge in [0, 0.05) is 17.1 Å². The zero-order valence-corrected chi connectivity index (χ0v) is 13.7. The molecule has 1 aromatic heterocycles. The van der Waals surface area contributed by atoms with E-state index in [1.54, 1.807) is 11.3 Å². The molecule has 1 aliphatic heterocycles. The molecule has 0 aromatic carbocycles. The van der Waals surface area contributed by atoms with Crippen molar-refractivity contribution < 1.29 is 4.79 Å². The molecule has 2 heterocycles. The monoisotopic (exact) mass is 307 g/mol. The summed E-state index contributed by atoms with van der Waals surface area (Å²) in [7, 11) is 0. The number of aromatic nitrogens is 1. The van der Waals surface area contributed by atoms with Crippen LogP contribution in [0, 0.1) is 12.8 Å². The van der Waals surface area contributed by atoms with Gasteiger partial charge in [0.05, 0.1) is 12.1 Å². The second-order valence-corrected chi connectivity index (χ2v) is 7.75. The fraction of sp³-hybridized carbons (Fsp3) is 0.750. The second-order valence-electron chi connectivity index (χ2n) is 6.49. The fourth-order valence-corrected chi connectivity index (χ4v) is 4.43. The van der Waals surface area contributed by atoms with Crippen molar-refractivity contribution in [3.8, 4) is 0 Å². The third-order valence-electron chi connectivity index (χ3n) is 4.84. The molecule has 5 heteroatoms. The second kappa shape index (κ2) is 6.44. The summed E-state index contributed by atoms with van der Waals surface area (Å²) in [5, 5.41) is 7.70. The number of hydrogen-bond donors (Lipinski definition) is 2. The van der Waals surface area contributed by atoms with E-state index in [9.17, 15) is 4.79 Å². The fourth-order valence-electron chi connectivity index (χ4n) is 3.65. The molecular formula is C16H25N3OS. The van der Waals surface area contributed by atoms with Crippen LogP contribution in [0.2, 0.25) is 0 Å². The molecule has 0 bridgehead atoms. The Morgan fingerprint density at radius 3 is 2.95 bits per heavy atom. The van der Waals surface area contributed by atoms with Gasteiger partial charge >= 0.3 is 0 Å². The van der Waals surface area contributed by atoms with Gasteiger partial charge in [0.2, 0.25) is 5.91 Å². The minimum Gasteiger partial charge on any atom is -0.346 e. The maximum atomic E-state index is 12.5. The number of carbonyl (C=O) groups is 1. The highest BCUT2D eigenvalue weighted by Gasteiger charge is 2.34. The van der Waals surface area contributed by atoms with Crippen LogP contribution >= 0.6 is 11.3 Å². The number of carbonyl (C=O) groups excluding carboxylic acids is 1. The predicted octanol–water partition coefficient (Wildman–Crippen LogP) is 2.94. The minimum absolute atomic E-state index is 0.00193. The molecule has 0 spiro atoms. The lowest BCUT2D eigenvalue weighted by Gasteiger charge is -2.40. The zero-order chi connectivity index (χ0) is 14.8. The van der Waals surface area contributed by atoms with Crippen molar-refractivity contribution in [3.05, 3.63) is 16.1 Å². The van der Waals surface area contributed by atoms with Gasteiger partial charge in [-0.05, 0) is 45.4 Å². The molecule has 116 valence electrons. The average molecular weight is 307 g/mol. The number of aryl methyl sites for hydroxylation is 1. The van der Waals surface area contributed by atoms with Crippen molar-refractivity contribution >= 4 is 17.2 Å². The lowest BCUT2D eigenvalue weighted by atomic mass is 9.77. The standard InChI is InChI=1S/C16H25N3OS/c1-10-9-17-16(21-10)11(2)18-15(20)14-8-7-12-5-3-4-6-13(12)19-14/h9,11-14,19H,3-8H2,1-2H3,(H,18,20). The Hall–Kier alpha value is -0.940. The van der Waals surface area contributed by atoms with Crippen LogP contribution in [0.5, 0.6) is 0 Å². The van der Waals surface area contributed by atoms with E-state index in [2.05, 4.69) is 15.6 Å². The number of nitrogens with one attached hydrogen (secondary N) is 2. The van der Waals surface area contributed by atoms with Crippen LogP contribution < -0.4 is 10.6 Å². The first-order valence-corrected chi connectivity index (χ1v) is 8.94. The molecule has 1 aliphatic carbocycles. The third-order valence-corrected chi connectivity index (χ3v) is 5.93. The largest absolute Gasteiger partial charge is 0.346 e. The highest BCUT2D eigenvalue weighted by atomic mass is 32.1. The van der Waals surface area contributed by atoms with Gasteiger partial charge in [-0.1, -0.05) is 12.8 Å². The highest BCUT2D eigenvalue weighted by Crippen LogP contribution is 2.32. The number of nitrogens with zero attached hydrogens (tertiary/aromatic N) is 1. The molecule has 4 atom stereocenters. The Morgan fingerprint density at radius 1 is 1.38 bits per heavy atom. The van der Waals surface area contributed by atoms with Gasteiger partial charge in [-0.3, -0.25) is 4.79 Å². The van der Waals surface area contributed by atoms with E-state index in [0.29, 0.717) is 6.04 Å². The summed E-state index contributed by atoms with van der Waals surface area (Å²) in [6.45, 7) is 4.06. The van der Waals surface area contributed by atoms with Crippen molar-refractivity contribution in [2.45, 2.75) is 70.5 Å². The van der Waals surface area contributed by atoms with Gasteiger partial charge in [-0.2, -0.15) is 0 Å². The summed E-state index contributed by atoms with van der Waals surface area (Å²) in [4.78, 5) is 18.0. The molecule has 1 amide bonds. The van der Waals surface area contributed by atoms with Crippen LogP contribution in [0.25, 0.3) is 0 Å². The summed E-state index contributed by atoms with van der Waals surface area (Å²) >= 11 is 1.66. The van der Waals surface area contributed by atoms with Crippen molar-refractivity contribution in [1.82, 2.24) is 15.6 Å². The van der Waals surface area contributed by atoms with Gasteiger partial charge in [-0.25, -0.2) is 4.98 Å². The van der Waals surface area contributed by atoms with E-state index in [-0.39, 0.29) is 18.0 Å². The van der Waals surface area contributed by atoms with Crippen molar-refractivity contribution in [2.24, 2.45) is 5.92 Å². The van der Waals surface area contributed by atoms with E-state index < -0.39 is 0 Å². The summed E-state index contributed by atoms with van der Waals surface area (Å²) in [5.41, 5.74) is 0. The number of hydrogen-bond acceptors (Lipinski definition) is 4. The summed E-state index contributed by atoms with van der Waals surface area (Å²) in [6.07, 6.45) is 9.26. The molecule has 0 radical (unpaired) electrons. The first-order chi connectivity index (χ1) is 10.1. The average Bonchev–Trinajstić information content (AvgIpc) is 2.93. The number of fused-ring (bicyclic) bond motifs is 1. The first kappa shape index (κ1) is 15.0. The van der Waals surface area contributed by atoms with E-state index >= 15 is 0 Å². The minimum atomic E-state index is -0.0205. The molecule has 21 heavy (non-hydrogen) atoms. The lowest BCUT2D eigenvalue weighted by molar-refractivity contribution is -0.125. The Bertz CT molecular complexity index is 501.